The molecule has 0 spiro atoms. The Morgan fingerprint density at radius 3 is 3.00 bits per heavy atom. The van der Waals surface area contributed by atoms with Crippen molar-refractivity contribution in [1.82, 2.24) is 0 Å². The minimum Gasteiger partial charge on any atom is -0.294 e. The first-order chi connectivity index (χ1) is 7.22. The number of carbonyl (C=O) groups excluding carboxylic acids is 1. The third kappa shape index (κ3) is 1.87. The number of fused-ring (bicyclic) bond motifs is 1. The summed E-state index contributed by atoms with van der Waals surface area (Å²) in [6.07, 6.45) is 5.89. The summed E-state index contributed by atoms with van der Waals surface area (Å²) < 4.78 is 0. The van der Waals surface area contributed by atoms with E-state index in [1.54, 1.807) is 0 Å². The first-order valence-electron chi connectivity index (χ1n) is 5.47. The molecule has 1 aromatic rings. The van der Waals surface area contributed by atoms with E-state index in [0.29, 0.717) is 5.78 Å². The monoisotopic (exact) mass is 200 g/mol. The van der Waals surface area contributed by atoms with Crippen LogP contribution in [0.3, 0.4) is 0 Å². The normalized spacial score (nSPS) is 19.9. The molecule has 1 unspecified atom stereocenters. The van der Waals surface area contributed by atoms with Gasteiger partial charge in [0.15, 0.2) is 5.78 Å². The van der Waals surface area contributed by atoms with Crippen LogP contribution < -0.4 is 0 Å². The van der Waals surface area contributed by atoms with Crippen LogP contribution in [0.25, 0.3) is 0 Å². The highest BCUT2D eigenvalue weighted by Crippen LogP contribution is 2.29. The van der Waals surface area contributed by atoms with E-state index in [2.05, 4.69) is 18.2 Å². The first kappa shape index (κ1) is 10.2. The van der Waals surface area contributed by atoms with E-state index in [-0.39, 0.29) is 5.92 Å². The zero-order valence-electron chi connectivity index (χ0n) is 9.29. The predicted octanol–water partition coefficient (Wildman–Crippen LogP) is 3.32. The Labute approximate surface area is 90.8 Å². The van der Waals surface area contributed by atoms with Crippen molar-refractivity contribution in [3.63, 3.8) is 0 Å². The van der Waals surface area contributed by atoms with E-state index in [0.717, 1.165) is 18.4 Å². The van der Waals surface area contributed by atoms with Crippen LogP contribution >= 0.6 is 0 Å². The van der Waals surface area contributed by atoms with Crippen molar-refractivity contribution >= 4 is 5.78 Å². The van der Waals surface area contributed by atoms with E-state index >= 15 is 0 Å². The summed E-state index contributed by atoms with van der Waals surface area (Å²) in [5.74, 6) is 0.504. The molecule has 15 heavy (non-hydrogen) atoms. The molecule has 0 heterocycles. The molecular weight excluding hydrogens is 184 g/mol. The highest BCUT2D eigenvalue weighted by Gasteiger charge is 2.29. The van der Waals surface area contributed by atoms with Gasteiger partial charge in [0.1, 0.15) is 0 Å². The van der Waals surface area contributed by atoms with Crippen molar-refractivity contribution in [1.29, 1.82) is 0 Å². The fourth-order valence-electron chi connectivity index (χ4n) is 2.17. The summed E-state index contributed by atoms with van der Waals surface area (Å²) >= 11 is 0. The summed E-state index contributed by atoms with van der Waals surface area (Å²) in [6, 6.07) is 6.20. The Morgan fingerprint density at radius 2 is 2.27 bits per heavy atom. The van der Waals surface area contributed by atoms with Gasteiger partial charge >= 0.3 is 0 Å². The number of Topliss-reactive ketones (excluding diaryl/α,β-unsaturated/α-hetero) is 1. The zero-order valence-corrected chi connectivity index (χ0v) is 9.29. The molecule has 2 rings (SSSR count). The van der Waals surface area contributed by atoms with Crippen molar-refractivity contribution in [3.8, 4) is 0 Å². The minimum absolute atomic E-state index is 0.179. The lowest BCUT2D eigenvalue weighted by Gasteiger charge is -2.02. The highest BCUT2D eigenvalue weighted by molar-refractivity contribution is 6.02. The number of aryl methyl sites for hydroxylation is 1. The van der Waals surface area contributed by atoms with Gasteiger partial charge in [-0.05, 0) is 38.3 Å². The molecular formula is C14H16O. The van der Waals surface area contributed by atoms with Crippen molar-refractivity contribution in [2.45, 2.75) is 26.7 Å². The van der Waals surface area contributed by atoms with Gasteiger partial charge in [-0.2, -0.15) is 0 Å². The van der Waals surface area contributed by atoms with Crippen LogP contribution in [0.4, 0.5) is 0 Å². The van der Waals surface area contributed by atoms with E-state index in [4.69, 9.17) is 0 Å². The van der Waals surface area contributed by atoms with Crippen molar-refractivity contribution in [2.24, 2.45) is 5.92 Å². The molecule has 0 saturated heterocycles. The smallest absolute Gasteiger partial charge is 0.166 e. The van der Waals surface area contributed by atoms with Gasteiger partial charge in [0.05, 0.1) is 0 Å². The molecule has 78 valence electrons. The summed E-state index contributed by atoms with van der Waals surface area (Å²) in [5.41, 5.74) is 3.35. The van der Waals surface area contributed by atoms with Gasteiger partial charge in [-0.25, -0.2) is 0 Å². The van der Waals surface area contributed by atoms with E-state index in [1.807, 2.05) is 26.0 Å². The quantitative estimate of drug-likeness (QED) is 0.669. The van der Waals surface area contributed by atoms with Crippen molar-refractivity contribution < 1.29 is 4.79 Å². The number of carbonyl (C=O) groups is 1. The van der Waals surface area contributed by atoms with Gasteiger partial charge in [-0.1, -0.05) is 29.8 Å². The second kappa shape index (κ2) is 4.01. The molecule has 1 heteroatoms. The lowest BCUT2D eigenvalue weighted by molar-refractivity contribution is 0.0938. The summed E-state index contributed by atoms with van der Waals surface area (Å²) in [7, 11) is 0. The predicted molar refractivity (Wildman–Crippen MR) is 62.1 cm³/mol. The zero-order chi connectivity index (χ0) is 10.8. The molecule has 0 aromatic heterocycles. The molecule has 1 atom stereocenters. The van der Waals surface area contributed by atoms with Crippen LogP contribution in [0.2, 0.25) is 0 Å². The van der Waals surface area contributed by atoms with E-state index in [1.165, 1.54) is 11.1 Å². The van der Waals surface area contributed by atoms with Crippen LogP contribution in [0.15, 0.2) is 30.4 Å². The first-order valence-corrected chi connectivity index (χ1v) is 5.47. The van der Waals surface area contributed by atoms with Crippen molar-refractivity contribution in [3.05, 3.63) is 47.0 Å². The van der Waals surface area contributed by atoms with Crippen LogP contribution in [-0.2, 0) is 6.42 Å². The van der Waals surface area contributed by atoms with Crippen LogP contribution in [0, 0.1) is 12.8 Å². The second-order valence-corrected chi connectivity index (χ2v) is 4.23. The largest absolute Gasteiger partial charge is 0.294 e. The van der Waals surface area contributed by atoms with Gasteiger partial charge in [0, 0.05) is 11.5 Å². The molecule has 0 amide bonds. The number of hydrogen-bond acceptors (Lipinski definition) is 1. The van der Waals surface area contributed by atoms with Gasteiger partial charge < -0.3 is 0 Å². The Hall–Kier alpha value is -1.37. The third-order valence-electron chi connectivity index (χ3n) is 3.02. The third-order valence-corrected chi connectivity index (χ3v) is 3.02. The maximum absolute atomic E-state index is 12.0. The van der Waals surface area contributed by atoms with Crippen LogP contribution in [-0.4, -0.2) is 5.78 Å². The Balaban J connectivity index is 2.25. The molecule has 1 aliphatic rings. The van der Waals surface area contributed by atoms with E-state index in [9.17, 15) is 4.79 Å². The second-order valence-electron chi connectivity index (χ2n) is 4.23. The molecule has 1 aliphatic carbocycles. The number of benzene rings is 1. The number of hydrogen-bond donors (Lipinski definition) is 0. The van der Waals surface area contributed by atoms with Gasteiger partial charge in [-0.15, -0.1) is 0 Å². The lowest BCUT2D eigenvalue weighted by atomic mass is 10.0. The van der Waals surface area contributed by atoms with Gasteiger partial charge in [0.25, 0.3) is 0 Å². The highest BCUT2D eigenvalue weighted by atomic mass is 16.1. The van der Waals surface area contributed by atoms with Crippen LogP contribution in [0.5, 0.6) is 0 Å². The number of rotatable bonds is 2. The molecule has 0 bridgehead atoms. The Morgan fingerprint density at radius 1 is 1.47 bits per heavy atom. The molecule has 1 nitrogen and oxygen atoms in total. The summed E-state index contributed by atoms with van der Waals surface area (Å²) in [6.45, 7) is 4.03. The van der Waals surface area contributed by atoms with Gasteiger partial charge in [-0.3, -0.25) is 4.79 Å². The summed E-state index contributed by atoms with van der Waals surface area (Å²) in [5, 5.41) is 0. The molecule has 0 aliphatic heterocycles. The standard InChI is InChI=1S/C14H16O/c1-3-4-5-12-9-11-7-6-10(2)8-13(11)14(12)15/h3-4,6-8,12H,5,9H2,1-2H3. The fourth-order valence-corrected chi connectivity index (χ4v) is 2.17. The topological polar surface area (TPSA) is 17.1 Å². The molecule has 1 aromatic carbocycles. The molecule has 0 radical (unpaired) electrons. The van der Waals surface area contributed by atoms with Crippen LogP contribution in [0.1, 0.15) is 34.8 Å². The maximum Gasteiger partial charge on any atom is 0.166 e. The number of allylic oxidation sites excluding steroid dienone is 2. The fraction of sp³-hybridized carbons (Fsp3) is 0.357. The number of ketones is 1. The average Bonchev–Trinajstić information content (AvgIpc) is 2.53. The minimum atomic E-state index is 0.179. The van der Waals surface area contributed by atoms with Gasteiger partial charge in [0.2, 0.25) is 0 Å². The maximum atomic E-state index is 12.0. The Kier molecular flexibility index (Phi) is 2.72. The van der Waals surface area contributed by atoms with Crippen molar-refractivity contribution in [2.75, 3.05) is 0 Å². The molecule has 0 N–H and O–H groups in total. The molecule has 0 fully saturated rings. The lowest BCUT2D eigenvalue weighted by Crippen LogP contribution is -2.07. The summed E-state index contributed by atoms with van der Waals surface area (Å²) in [4.78, 5) is 12.0. The SMILES string of the molecule is CC=CCC1Cc2ccc(C)cc2C1=O. The Bertz CT molecular complexity index is 415. The average molecular weight is 200 g/mol. The van der Waals surface area contributed by atoms with E-state index < -0.39 is 0 Å². The molecule has 0 saturated carbocycles.